The molecular weight excluding hydrogens is 230 g/mol. The van der Waals surface area contributed by atoms with Gasteiger partial charge in [-0.2, -0.15) is 0 Å². The second kappa shape index (κ2) is 5.33. The molecule has 2 nitrogen and oxygen atoms in total. The molecule has 0 aliphatic rings. The molecule has 1 atom stereocenters. The van der Waals surface area contributed by atoms with Crippen LogP contribution in [0.15, 0.2) is 18.2 Å². The average Bonchev–Trinajstić information content (AvgIpc) is 2.19. The van der Waals surface area contributed by atoms with E-state index in [4.69, 9.17) is 34.3 Å². The van der Waals surface area contributed by atoms with Crippen molar-refractivity contribution in [2.75, 3.05) is 0 Å². The van der Waals surface area contributed by atoms with Gasteiger partial charge in [0.15, 0.2) is 0 Å². The van der Waals surface area contributed by atoms with E-state index in [1.807, 2.05) is 26.0 Å². The first-order chi connectivity index (χ1) is 7.04. The number of benzene rings is 1. The van der Waals surface area contributed by atoms with Crippen molar-refractivity contribution >= 4 is 28.8 Å². The molecule has 0 saturated carbocycles. The summed E-state index contributed by atoms with van der Waals surface area (Å²) < 4.78 is 5.64. The van der Waals surface area contributed by atoms with E-state index >= 15 is 0 Å². The molecule has 0 aliphatic heterocycles. The number of ether oxygens (including phenoxy) is 1. The van der Waals surface area contributed by atoms with E-state index in [9.17, 15) is 0 Å². The van der Waals surface area contributed by atoms with Crippen LogP contribution in [0.2, 0.25) is 5.02 Å². The maximum Gasteiger partial charge on any atom is 0.148 e. The van der Waals surface area contributed by atoms with Crippen molar-refractivity contribution < 1.29 is 4.74 Å². The van der Waals surface area contributed by atoms with Crippen molar-refractivity contribution in [3.05, 3.63) is 28.8 Å². The molecule has 0 aromatic heterocycles. The smallest absolute Gasteiger partial charge is 0.148 e. The second-order valence-corrected chi connectivity index (χ2v) is 4.21. The van der Waals surface area contributed by atoms with Gasteiger partial charge in [-0.15, -0.1) is 0 Å². The monoisotopic (exact) mass is 243 g/mol. The lowest BCUT2D eigenvalue weighted by molar-refractivity contribution is 0.264. The van der Waals surface area contributed by atoms with Gasteiger partial charge in [0.25, 0.3) is 0 Å². The van der Waals surface area contributed by atoms with Crippen LogP contribution < -0.4 is 10.5 Å². The Hall–Kier alpha value is -0.800. The first kappa shape index (κ1) is 12.3. The Morgan fingerprint density at radius 3 is 2.73 bits per heavy atom. The number of rotatable bonds is 4. The van der Waals surface area contributed by atoms with E-state index in [0.717, 1.165) is 22.8 Å². The van der Waals surface area contributed by atoms with Gasteiger partial charge in [0.05, 0.1) is 0 Å². The van der Waals surface area contributed by atoms with E-state index in [1.54, 1.807) is 6.07 Å². The highest BCUT2D eigenvalue weighted by Gasteiger charge is 2.11. The second-order valence-electron chi connectivity index (χ2n) is 3.33. The Bertz CT molecular complexity index is 368. The molecule has 0 aliphatic carbocycles. The minimum Gasteiger partial charge on any atom is -0.483 e. The van der Waals surface area contributed by atoms with E-state index in [2.05, 4.69) is 0 Å². The maximum absolute atomic E-state index is 5.91. The fourth-order valence-corrected chi connectivity index (χ4v) is 1.53. The van der Waals surface area contributed by atoms with Crippen LogP contribution in [-0.4, -0.2) is 11.1 Å². The SMILES string of the molecule is CCC(Oc1ccc(Cl)c(C)c1)C(N)=S. The van der Waals surface area contributed by atoms with Crippen LogP contribution in [0.4, 0.5) is 0 Å². The first-order valence-electron chi connectivity index (χ1n) is 4.76. The highest BCUT2D eigenvalue weighted by Crippen LogP contribution is 2.22. The van der Waals surface area contributed by atoms with Crippen LogP contribution in [0.25, 0.3) is 0 Å². The molecule has 0 bridgehead atoms. The molecule has 0 spiro atoms. The molecule has 2 N–H and O–H groups in total. The third-order valence-corrected chi connectivity index (χ3v) is 2.78. The van der Waals surface area contributed by atoms with Gasteiger partial charge in [-0.25, -0.2) is 0 Å². The summed E-state index contributed by atoms with van der Waals surface area (Å²) in [5, 5.41) is 0.728. The zero-order chi connectivity index (χ0) is 11.4. The molecule has 0 saturated heterocycles. The predicted molar refractivity (Wildman–Crippen MR) is 67.7 cm³/mol. The average molecular weight is 244 g/mol. The standard InChI is InChI=1S/C11H14ClNOS/c1-3-10(11(13)15)14-8-4-5-9(12)7(2)6-8/h4-6,10H,3H2,1-2H3,(H2,13,15). The van der Waals surface area contributed by atoms with E-state index < -0.39 is 0 Å². The fourth-order valence-electron chi connectivity index (χ4n) is 1.20. The minimum absolute atomic E-state index is 0.208. The van der Waals surface area contributed by atoms with E-state index in [0.29, 0.717) is 4.99 Å². The number of aryl methyl sites for hydroxylation is 1. The van der Waals surface area contributed by atoms with Crippen molar-refractivity contribution in [1.29, 1.82) is 0 Å². The predicted octanol–water partition coefficient (Wildman–Crippen LogP) is 3.09. The summed E-state index contributed by atoms with van der Waals surface area (Å²) in [5.41, 5.74) is 6.52. The van der Waals surface area contributed by atoms with Crippen LogP contribution >= 0.6 is 23.8 Å². The van der Waals surface area contributed by atoms with Gasteiger partial charge in [0, 0.05) is 5.02 Å². The van der Waals surface area contributed by atoms with Gasteiger partial charge in [-0.1, -0.05) is 30.7 Å². The summed E-state index contributed by atoms with van der Waals surface area (Å²) in [4.78, 5) is 0.380. The summed E-state index contributed by atoms with van der Waals surface area (Å²) >= 11 is 10.8. The third kappa shape index (κ3) is 3.36. The zero-order valence-corrected chi connectivity index (χ0v) is 10.4. The molecule has 1 aromatic carbocycles. The van der Waals surface area contributed by atoms with Gasteiger partial charge in [-0.3, -0.25) is 0 Å². The van der Waals surface area contributed by atoms with Crippen molar-refractivity contribution in [3.63, 3.8) is 0 Å². The fraction of sp³-hybridized carbons (Fsp3) is 0.364. The number of hydrogen-bond acceptors (Lipinski definition) is 2. The van der Waals surface area contributed by atoms with Crippen molar-refractivity contribution in [3.8, 4) is 5.75 Å². The first-order valence-corrected chi connectivity index (χ1v) is 5.55. The maximum atomic E-state index is 5.91. The molecule has 1 unspecified atom stereocenters. The summed E-state index contributed by atoms with van der Waals surface area (Å²) in [6.45, 7) is 3.91. The molecule has 0 fully saturated rings. The van der Waals surface area contributed by atoms with Crippen molar-refractivity contribution in [2.45, 2.75) is 26.4 Å². The normalized spacial score (nSPS) is 12.2. The lowest BCUT2D eigenvalue weighted by Crippen LogP contribution is -2.31. The number of nitrogens with two attached hydrogens (primary N) is 1. The van der Waals surface area contributed by atoms with Gasteiger partial charge in [-0.05, 0) is 37.1 Å². The van der Waals surface area contributed by atoms with Crippen molar-refractivity contribution in [1.82, 2.24) is 0 Å². The quantitative estimate of drug-likeness (QED) is 0.826. The molecule has 15 heavy (non-hydrogen) atoms. The molecule has 4 heteroatoms. The molecule has 0 amide bonds. The summed E-state index contributed by atoms with van der Waals surface area (Å²) in [5.74, 6) is 0.747. The van der Waals surface area contributed by atoms with Crippen LogP contribution in [0, 0.1) is 6.92 Å². The Morgan fingerprint density at radius 2 is 2.27 bits per heavy atom. The van der Waals surface area contributed by atoms with Crippen molar-refractivity contribution in [2.24, 2.45) is 5.73 Å². The molecule has 0 radical (unpaired) electrons. The number of halogens is 1. The Kier molecular flexibility index (Phi) is 4.36. The van der Waals surface area contributed by atoms with E-state index in [1.165, 1.54) is 0 Å². The van der Waals surface area contributed by atoms with Gasteiger partial charge < -0.3 is 10.5 Å². The largest absolute Gasteiger partial charge is 0.483 e. The summed E-state index contributed by atoms with van der Waals surface area (Å²) in [6.07, 6.45) is 0.553. The molecule has 0 heterocycles. The summed E-state index contributed by atoms with van der Waals surface area (Å²) in [7, 11) is 0. The van der Waals surface area contributed by atoms with Gasteiger partial charge >= 0.3 is 0 Å². The molecular formula is C11H14ClNOS. The van der Waals surface area contributed by atoms with Gasteiger partial charge in [0.1, 0.15) is 16.8 Å². The van der Waals surface area contributed by atoms with Crippen LogP contribution in [0.1, 0.15) is 18.9 Å². The highest BCUT2D eigenvalue weighted by atomic mass is 35.5. The van der Waals surface area contributed by atoms with E-state index in [-0.39, 0.29) is 6.10 Å². The Balaban J connectivity index is 2.80. The molecule has 1 aromatic rings. The van der Waals surface area contributed by atoms with Gasteiger partial charge in [0.2, 0.25) is 0 Å². The van der Waals surface area contributed by atoms with Crippen LogP contribution in [0.5, 0.6) is 5.75 Å². The lowest BCUT2D eigenvalue weighted by Gasteiger charge is -2.16. The minimum atomic E-state index is -0.208. The molecule has 1 rings (SSSR count). The topological polar surface area (TPSA) is 35.2 Å². The summed E-state index contributed by atoms with van der Waals surface area (Å²) in [6, 6.07) is 5.50. The Morgan fingerprint density at radius 1 is 1.60 bits per heavy atom. The van der Waals surface area contributed by atoms with Crippen LogP contribution in [-0.2, 0) is 0 Å². The molecule has 82 valence electrons. The lowest BCUT2D eigenvalue weighted by atomic mass is 10.2. The zero-order valence-electron chi connectivity index (χ0n) is 8.79. The number of hydrogen-bond donors (Lipinski definition) is 1. The van der Waals surface area contributed by atoms with Crippen LogP contribution in [0.3, 0.4) is 0 Å². The third-order valence-electron chi connectivity index (χ3n) is 2.10. The Labute approximate surface area is 100 Å². The number of thiocarbonyl (C=S) groups is 1. The highest BCUT2D eigenvalue weighted by molar-refractivity contribution is 7.80.